The Hall–Kier alpha value is -2.71. The van der Waals surface area contributed by atoms with Crippen molar-refractivity contribution in [2.75, 3.05) is 7.11 Å². The van der Waals surface area contributed by atoms with E-state index in [4.69, 9.17) is 4.74 Å². The van der Waals surface area contributed by atoms with Gasteiger partial charge in [-0.05, 0) is 35.4 Å². The van der Waals surface area contributed by atoms with Gasteiger partial charge in [-0.15, -0.1) is 0 Å². The fraction of sp³-hybridized carbons (Fsp3) is 0.278. The van der Waals surface area contributed by atoms with Gasteiger partial charge in [-0.25, -0.2) is 0 Å². The minimum atomic E-state index is -5.69. The molecule has 0 N–H and O–H groups in total. The third-order valence-corrected chi connectivity index (χ3v) is 3.92. The largest absolute Gasteiger partial charge is 0.497 e. The molecule has 0 aromatic heterocycles. The first-order valence-electron chi connectivity index (χ1n) is 7.50. The number of benzene rings is 2. The van der Waals surface area contributed by atoms with Gasteiger partial charge in [-0.2, -0.15) is 26.3 Å². The van der Waals surface area contributed by atoms with Crippen LogP contribution in [-0.2, 0) is 10.2 Å². The predicted molar refractivity (Wildman–Crippen MR) is 83.6 cm³/mol. The number of ether oxygens (including phenoxy) is 2. The first-order chi connectivity index (χ1) is 12.4. The van der Waals surface area contributed by atoms with Crippen LogP contribution in [0.5, 0.6) is 11.5 Å². The monoisotopic (exact) mass is 392 g/mol. The summed E-state index contributed by atoms with van der Waals surface area (Å²) in [5.41, 5.74) is -6.33. The summed E-state index contributed by atoms with van der Waals surface area (Å²) < 4.78 is 92.9. The van der Waals surface area contributed by atoms with Gasteiger partial charge in [0.25, 0.3) is 0 Å². The van der Waals surface area contributed by atoms with Crippen LogP contribution in [0.2, 0.25) is 0 Å². The van der Waals surface area contributed by atoms with E-state index in [9.17, 15) is 31.1 Å². The average Bonchev–Trinajstić information content (AvgIpc) is 2.54. The van der Waals surface area contributed by atoms with Crippen LogP contribution in [0, 0.1) is 0 Å². The fourth-order valence-corrected chi connectivity index (χ4v) is 2.76. The molecule has 0 atom stereocenters. The maximum atomic E-state index is 13.9. The van der Waals surface area contributed by atoms with Crippen LogP contribution >= 0.6 is 0 Å². The summed E-state index contributed by atoms with van der Waals surface area (Å²) in [6, 6.07) is 6.54. The molecule has 0 heterocycles. The minimum absolute atomic E-state index is 0.113. The highest BCUT2D eigenvalue weighted by Crippen LogP contribution is 2.56. The molecule has 2 rings (SSSR count). The Kier molecular flexibility index (Phi) is 5.44. The number of esters is 1. The topological polar surface area (TPSA) is 35.5 Å². The predicted octanol–water partition coefficient (Wildman–Crippen LogP) is 5.03. The smallest absolute Gasteiger partial charge is 0.411 e. The fourth-order valence-electron chi connectivity index (χ4n) is 2.76. The molecule has 0 aliphatic rings. The summed E-state index contributed by atoms with van der Waals surface area (Å²) in [6.07, 6.45) is -11.4. The van der Waals surface area contributed by atoms with Crippen molar-refractivity contribution in [2.45, 2.75) is 24.7 Å². The first-order valence-corrected chi connectivity index (χ1v) is 7.50. The van der Waals surface area contributed by atoms with Crippen LogP contribution in [0.3, 0.4) is 0 Å². The van der Waals surface area contributed by atoms with Crippen LogP contribution < -0.4 is 9.47 Å². The number of carbonyl (C=O) groups excluding carboxylic acids is 1. The van der Waals surface area contributed by atoms with E-state index in [0.717, 1.165) is 43.3 Å². The molecule has 0 unspecified atom stereocenters. The molecule has 0 amide bonds. The maximum Gasteiger partial charge on any atom is 0.411 e. The Balaban J connectivity index is 2.73. The second-order valence-electron chi connectivity index (χ2n) is 5.59. The average molecular weight is 392 g/mol. The molecule has 0 aliphatic heterocycles. The molecule has 9 heteroatoms. The van der Waals surface area contributed by atoms with Gasteiger partial charge >= 0.3 is 18.3 Å². The normalized spacial score (nSPS) is 12.6. The summed E-state index contributed by atoms with van der Waals surface area (Å²) in [4.78, 5) is 10.9. The van der Waals surface area contributed by atoms with Crippen LogP contribution in [0.1, 0.15) is 18.1 Å². The lowest BCUT2D eigenvalue weighted by atomic mass is 9.73. The van der Waals surface area contributed by atoms with E-state index >= 15 is 0 Å². The van der Waals surface area contributed by atoms with Gasteiger partial charge in [0, 0.05) is 6.92 Å². The zero-order valence-corrected chi connectivity index (χ0v) is 14.1. The molecule has 0 saturated heterocycles. The molecule has 146 valence electrons. The van der Waals surface area contributed by atoms with Crippen molar-refractivity contribution < 1.29 is 40.6 Å². The number of methoxy groups -OCH3 is 1. The number of hydrogen-bond donors (Lipinski definition) is 0. The zero-order chi connectivity index (χ0) is 20.5. The molecule has 0 spiro atoms. The molecule has 0 radical (unpaired) electrons. The summed E-state index contributed by atoms with van der Waals surface area (Å²) in [7, 11) is 1.24. The van der Waals surface area contributed by atoms with Gasteiger partial charge in [-0.3, -0.25) is 4.79 Å². The summed E-state index contributed by atoms with van der Waals surface area (Å²) in [5.74, 6) is -0.808. The standard InChI is InChI=1S/C18H14F6O3/c1-11(25)27-15-9-5-13(6-10-15)16(17(19,20)21,18(22,23)24)12-3-7-14(26-2)8-4-12/h3-10H,1-2H3. The summed E-state index contributed by atoms with van der Waals surface area (Å²) in [6.45, 7) is 1.06. The number of halogens is 6. The van der Waals surface area contributed by atoms with Crippen molar-refractivity contribution in [3.05, 3.63) is 59.7 Å². The van der Waals surface area contributed by atoms with Gasteiger partial charge in [0.15, 0.2) is 0 Å². The number of rotatable bonds is 4. The van der Waals surface area contributed by atoms with Crippen molar-refractivity contribution in [3.8, 4) is 11.5 Å². The number of carbonyl (C=O) groups is 1. The third kappa shape index (κ3) is 3.72. The SMILES string of the molecule is COc1ccc(C(c2ccc(OC(C)=O)cc2)(C(F)(F)F)C(F)(F)F)cc1. The summed E-state index contributed by atoms with van der Waals surface area (Å²) >= 11 is 0. The van der Waals surface area contributed by atoms with E-state index in [1.807, 2.05) is 0 Å². The van der Waals surface area contributed by atoms with Crippen LogP contribution in [0.15, 0.2) is 48.5 Å². The Morgan fingerprint density at radius 2 is 1.11 bits per heavy atom. The molecular formula is C18H14F6O3. The number of alkyl halides is 6. The second kappa shape index (κ2) is 7.13. The second-order valence-corrected chi connectivity index (χ2v) is 5.59. The minimum Gasteiger partial charge on any atom is -0.497 e. The molecule has 3 nitrogen and oxygen atoms in total. The van der Waals surface area contributed by atoms with Crippen molar-refractivity contribution in [1.82, 2.24) is 0 Å². The van der Waals surface area contributed by atoms with Crippen molar-refractivity contribution in [1.29, 1.82) is 0 Å². The van der Waals surface area contributed by atoms with Gasteiger partial charge in [0.1, 0.15) is 11.5 Å². The van der Waals surface area contributed by atoms with Crippen LogP contribution in [-0.4, -0.2) is 25.4 Å². The maximum absolute atomic E-state index is 13.9. The first kappa shape index (κ1) is 20.6. The highest BCUT2D eigenvalue weighted by atomic mass is 19.4. The van der Waals surface area contributed by atoms with E-state index in [0.29, 0.717) is 12.1 Å². The van der Waals surface area contributed by atoms with E-state index < -0.39 is 34.9 Å². The van der Waals surface area contributed by atoms with Gasteiger partial charge in [0.2, 0.25) is 5.41 Å². The van der Waals surface area contributed by atoms with Crippen molar-refractivity contribution >= 4 is 5.97 Å². The van der Waals surface area contributed by atoms with E-state index in [1.165, 1.54) is 7.11 Å². The molecule has 2 aromatic carbocycles. The van der Waals surface area contributed by atoms with Crippen molar-refractivity contribution in [2.24, 2.45) is 0 Å². The summed E-state index contributed by atoms with van der Waals surface area (Å²) in [5, 5.41) is 0. The third-order valence-electron chi connectivity index (χ3n) is 3.92. The van der Waals surface area contributed by atoms with Gasteiger partial charge < -0.3 is 9.47 Å². The van der Waals surface area contributed by atoms with E-state index in [-0.39, 0.29) is 11.5 Å². The van der Waals surface area contributed by atoms with Crippen molar-refractivity contribution in [3.63, 3.8) is 0 Å². The quantitative estimate of drug-likeness (QED) is 0.416. The zero-order valence-electron chi connectivity index (χ0n) is 14.1. The Labute approximate surface area is 150 Å². The highest BCUT2D eigenvalue weighted by Gasteiger charge is 2.72. The lowest BCUT2D eigenvalue weighted by molar-refractivity contribution is -0.288. The van der Waals surface area contributed by atoms with E-state index in [2.05, 4.69) is 4.74 Å². The van der Waals surface area contributed by atoms with Crippen LogP contribution in [0.25, 0.3) is 0 Å². The molecule has 0 fully saturated rings. The molecular weight excluding hydrogens is 378 g/mol. The lowest BCUT2D eigenvalue weighted by Gasteiger charge is -2.38. The Morgan fingerprint density at radius 1 is 0.741 bits per heavy atom. The molecule has 2 aromatic rings. The molecule has 0 aliphatic carbocycles. The van der Waals surface area contributed by atoms with Gasteiger partial charge in [0.05, 0.1) is 7.11 Å². The number of hydrogen-bond acceptors (Lipinski definition) is 3. The molecule has 27 heavy (non-hydrogen) atoms. The Morgan fingerprint density at radius 3 is 1.41 bits per heavy atom. The molecule has 0 saturated carbocycles. The van der Waals surface area contributed by atoms with Gasteiger partial charge in [-0.1, -0.05) is 24.3 Å². The lowest BCUT2D eigenvalue weighted by Crippen LogP contribution is -2.54. The Bertz CT molecular complexity index is 778. The molecule has 0 bridgehead atoms. The van der Waals surface area contributed by atoms with E-state index in [1.54, 1.807) is 0 Å². The van der Waals surface area contributed by atoms with Crippen LogP contribution in [0.4, 0.5) is 26.3 Å². The highest BCUT2D eigenvalue weighted by molar-refractivity contribution is 5.69.